The summed E-state index contributed by atoms with van der Waals surface area (Å²) in [6, 6.07) is 14.3. The van der Waals surface area contributed by atoms with Crippen molar-refractivity contribution >= 4 is 11.8 Å². The second-order valence-electron chi connectivity index (χ2n) is 8.81. The molecule has 1 N–H and O–H groups in total. The number of ether oxygens (including phenoxy) is 3. The Hall–Kier alpha value is -4.27. The van der Waals surface area contributed by atoms with E-state index in [1.807, 2.05) is 37.3 Å². The number of hydrogen-bond donors (Lipinski definition) is 1. The first kappa shape index (κ1) is 23.5. The number of hydrogen-bond acceptors (Lipinski definition) is 6. The van der Waals surface area contributed by atoms with Gasteiger partial charge in [-0.05, 0) is 36.8 Å². The highest BCUT2D eigenvalue weighted by Crippen LogP contribution is 2.32. The van der Waals surface area contributed by atoms with Crippen molar-refractivity contribution in [2.24, 2.45) is 0 Å². The van der Waals surface area contributed by atoms with Crippen molar-refractivity contribution in [3.8, 4) is 17.2 Å². The van der Waals surface area contributed by atoms with Crippen LogP contribution in [-0.4, -0.2) is 48.3 Å². The second-order valence-corrected chi connectivity index (χ2v) is 8.81. The highest BCUT2D eigenvalue weighted by molar-refractivity contribution is 5.98. The molecule has 0 unspecified atom stereocenters. The molecule has 1 aromatic heterocycles. The SMILES string of the molecule is COc1cc(=O)n2c(c1C(=O)NCc1ccc3c(c1)OCO3)CCN(C(=O)c1cccc(C)c1)CC2. The average Bonchev–Trinajstić information content (AvgIpc) is 3.24. The van der Waals surface area contributed by atoms with Crippen LogP contribution in [0.5, 0.6) is 17.2 Å². The van der Waals surface area contributed by atoms with Gasteiger partial charge in [0.15, 0.2) is 11.5 Å². The highest BCUT2D eigenvalue weighted by atomic mass is 16.7. The first-order chi connectivity index (χ1) is 17.4. The minimum absolute atomic E-state index is 0.0969. The Bertz CT molecular complexity index is 1400. The number of methoxy groups -OCH3 is 1. The fourth-order valence-corrected chi connectivity index (χ4v) is 4.64. The molecule has 0 fully saturated rings. The second kappa shape index (κ2) is 9.77. The third-order valence-electron chi connectivity index (χ3n) is 6.48. The molecule has 3 aromatic rings. The maximum absolute atomic E-state index is 13.4. The van der Waals surface area contributed by atoms with Crippen LogP contribution >= 0.6 is 0 Å². The molecule has 0 saturated heterocycles. The maximum Gasteiger partial charge on any atom is 0.257 e. The van der Waals surface area contributed by atoms with Crippen molar-refractivity contribution in [3.63, 3.8) is 0 Å². The molecule has 0 bridgehead atoms. The Morgan fingerprint density at radius 3 is 2.67 bits per heavy atom. The predicted molar refractivity (Wildman–Crippen MR) is 132 cm³/mol. The quantitative estimate of drug-likeness (QED) is 0.592. The van der Waals surface area contributed by atoms with Gasteiger partial charge < -0.3 is 29.0 Å². The molecule has 0 radical (unpaired) electrons. The van der Waals surface area contributed by atoms with Crippen molar-refractivity contribution < 1.29 is 23.8 Å². The number of nitrogens with one attached hydrogen (secondary N) is 1. The van der Waals surface area contributed by atoms with Gasteiger partial charge in [-0.3, -0.25) is 14.4 Å². The lowest BCUT2D eigenvalue weighted by Gasteiger charge is -2.20. The molecule has 2 aliphatic rings. The van der Waals surface area contributed by atoms with Gasteiger partial charge in [-0.1, -0.05) is 23.8 Å². The zero-order valence-corrected chi connectivity index (χ0v) is 20.2. The molecule has 5 rings (SSSR count). The number of amides is 2. The van der Waals surface area contributed by atoms with Gasteiger partial charge in [-0.25, -0.2) is 0 Å². The van der Waals surface area contributed by atoms with E-state index >= 15 is 0 Å². The molecule has 0 atom stereocenters. The van der Waals surface area contributed by atoms with Gasteiger partial charge >= 0.3 is 0 Å². The summed E-state index contributed by atoms with van der Waals surface area (Å²) in [7, 11) is 1.44. The Morgan fingerprint density at radius 2 is 1.86 bits per heavy atom. The summed E-state index contributed by atoms with van der Waals surface area (Å²) in [6.07, 6.45) is 0.344. The first-order valence-corrected chi connectivity index (χ1v) is 11.8. The van der Waals surface area contributed by atoms with Crippen LogP contribution in [0.2, 0.25) is 0 Å². The van der Waals surface area contributed by atoms with Gasteiger partial charge in [0.1, 0.15) is 11.3 Å². The minimum Gasteiger partial charge on any atom is -0.496 e. The molecular weight excluding hydrogens is 462 g/mol. The van der Waals surface area contributed by atoms with Crippen LogP contribution in [0.15, 0.2) is 53.3 Å². The lowest BCUT2D eigenvalue weighted by molar-refractivity contribution is 0.0759. The fourth-order valence-electron chi connectivity index (χ4n) is 4.64. The van der Waals surface area contributed by atoms with Gasteiger partial charge in [-0.15, -0.1) is 0 Å². The van der Waals surface area contributed by atoms with Crippen LogP contribution in [0.3, 0.4) is 0 Å². The molecule has 36 heavy (non-hydrogen) atoms. The summed E-state index contributed by atoms with van der Waals surface area (Å²) < 4.78 is 17.8. The van der Waals surface area contributed by atoms with E-state index in [0.29, 0.717) is 47.8 Å². The minimum atomic E-state index is -0.355. The molecule has 3 heterocycles. The van der Waals surface area contributed by atoms with Gasteiger partial charge in [-0.2, -0.15) is 0 Å². The highest BCUT2D eigenvalue weighted by Gasteiger charge is 2.27. The lowest BCUT2D eigenvalue weighted by Crippen LogP contribution is -2.34. The number of aromatic nitrogens is 1. The summed E-state index contributed by atoms with van der Waals surface area (Å²) in [6.45, 7) is 3.41. The topological polar surface area (TPSA) is 99.1 Å². The molecule has 9 nitrogen and oxygen atoms in total. The molecule has 2 aromatic carbocycles. The molecular formula is C27H27N3O6. The van der Waals surface area contributed by atoms with E-state index < -0.39 is 0 Å². The molecule has 0 spiro atoms. The van der Waals surface area contributed by atoms with E-state index in [1.165, 1.54) is 13.2 Å². The van der Waals surface area contributed by atoms with Gasteiger partial charge in [0.05, 0.1) is 7.11 Å². The Kier molecular flexibility index (Phi) is 6.37. The number of fused-ring (bicyclic) bond motifs is 2. The Balaban J connectivity index is 1.38. The number of carbonyl (C=O) groups excluding carboxylic acids is 2. The van der Waals surface area contributed by atoms with E-state index in [9.17, 15) is 14.4 Å². The number of rotatable bonds is 5. The largest absolute Gasteiger partial charge is 0.496 e. The normalized spacial score (nSPS) is 14.1. The monoisotopic (exact) mass is 489 g/mol. The summed E-state index contributed by atoms with van der Waals surface area (Å²) in [4.78, 5) is 41.1. The zero-order chi connectivity index (χ0) is 25.2. The third-order valence-corrected chi connectivity index (χ3v) is 6.48. The number of carbonyl (C=O) groups is 2. The smallest absolute Gasteiger partial charge is 0.257 e. The summed E-state index contributed by atoms with van der Waals surface area (Å²) >= 11 is 0. The maximum atomic E-state index is 13.4. The first-order valence-electron chi connectivity index (χ1n) is 11.8. The predicted octanol–water partition coefficient (Wildman–Crippen LogP) is 2.52. The number of nitrogens with zero attached hydrogens (tertiary/aromatic N) is 2. The van der Waals surface area contributed by atoms with Crippen LogP contribution < -0.4 is 25.1 Å². The Labute approximate surface area is 208 Å². The molecule has 186 valence electrons. The van der Waals surface area contributed by atoms with E-state index in [1.54, 1.807) is 21.6 Å². The number of pyridine rings is 1. The number of aryl methyl sites for hydroxylation is 1. The van der Waals surface area contributed by atoms with Crippen LogP contribution in [0.25, 0.3) is 0 Å². The van der Waals surface area contributed by atoms with Gasteiger partial charge in [0.25, 0.3) is 17.4 Å². The van der Waals surface area contributed by atoms with Crippen molar-refractivity contribution in [1.29, 1.82) is 0 Å². The fraction of sp³-hybridized carbons (Fsp3) is 0.296. The van der Waals surface area contributed by atoms with E-state index in [-0.39, 0.29) is 43.0 Å². The summed E-state index contributed by atoms with van der Waals surface area (Å²) in [5.74, 6) is 1.07. The summed E-state index contributed by atoms with van der Waals surface area (Å²) in [5.41, 5.74) is 3.05. The van der Waals surface area contributed by atoms with Crippen LogP contribution in [0.4, 0.5) is 0 Å². The lowest BCUT2D eigenvalue weighted by atomic mass is 10.1. The standard InChI is InChI=1S/C27H27N3O6/c1-17-4-3-5-19(12-17)27(33)29-9-8-20-25(23(34-2)14-24(31)30(20)11-10-29)26(32)28-15-18-6-7-21-22(13-18)36-16-35-21/h3-7,12-14H,8-11,15-16H2,1-2H3,(H,28,32). The van der Waals surface area contributed by atoms with E-state index in [4.69, 9.17) is 14.2 Å². The van der Waals surface area contributed by atoms with Gasteiger partial charge in [0.2, 0.25) is 6.79 Å². The van der Waals surface area contributed by atoms with Crippen molar-refractivity contribution in [2.45, 2.75) is 26.4 Å². The summed E-state index contributed by atoms with van der Waals surface area (Å²) in [5, 5.41) is 2.93. The molecule has 9 heteroatoms. The van der Waals surface area contributed by atoms with Crippen LogP contribution in [0, 0.1) is 6.92 Å². The Morgan fingerprint density at radius 1 is 1.03 bits per heavy atom. The molecule has 0 saturated carbocycles. The van der Waals surface area contributed by atoms with Gasteiger partial charge in [0, 0.05) is 49.9 Å². The third kappa shape index (κ3) is 4.51. The molecule has 2 aliphatic heterocycles. The van der Waals surface area contributed by atoms with E-state index in [2.05, 4.69) is 5.32 Å². The van der Waals surface area contributed by atoms with E-state index in [0.717, 1.165) is 11.1 Å². The molecule has 2 amide bonds. The van der Waals surface area contributed by atoms with Crippen LogP contribution in [-0.2, 0) is 19.5 Å². The van der Waals surface area contributed by atoms with Crippen molar-refractivity contribution in [2.75, 3.05) is 27.0 Å². The van der Waals surface area contributed by atoms with Crippen molar-refractivity contribution in [3.05, 3.63) is 86.8 Å². The van der Waals surface area contributed by atoms with Crippen molar-refractivity contribution in [1.82, 2.24) is 14.8 Å². The average molecular weight is 490 g/mol. The van der Waals surface area contributed by atoms with Crippen LogP contribution in [0.1, 0.15) is 37.5 Å². The number of benzene rings is 2. The zero-order valence-electron chi connectivity index (χ0n) is 20.2. The molecule has 0 aliphatic carbocycles.